The second-order valence-electron chi connectivity index (χ2n) is 3.41. The van der Waals surface area contributed by atoms with E-state index in [0.717, 1.165) is 18.2 Å². The third-order valence-electron chi connectivity index (χ3n) is 2.27. The summed E-state index contributed by atoms with van der Waals surface area (Å²) in [7, 11) is 0. The predicted molar refractivity (Wildman–Crippen MR) is 54.4 cm³/mol. The van der Waals surface area contributed by atoms with Gasteiger partial charge >= 0.3 is 5.82 Å². The Morgan fingerprint density at radius 1 is 1.35 bits per heavy atom. The lowest BCUT2D eigenvalue weighted by molar-refractivity contribution is -0.390. The van der Waals surface area contributed by atoms with E-state index in [1.165, 1.54) is 6.20 Å². The van der Waals surface area contributed by atoms with Crippen molar-refractivity contribution in [1.29, 1.82) is 0 Å². The van der Waals surface area contributed by atoms with Crippen LogP contribution in [0.25, 0.3) is 0 Å². The van der Waals surface area contributed by atoms with E-state index < -0.39 is 16.6 Å². The van der Waals surface area contributed by atoms with Crippen molar-refractivity contribution in [3.05, 3.63) is 57.3 Å². The van der Waals surface area contributed by atoms with Crippen molar-refractivity contribution in [2.24, 2.45) is 0 Å². The molecular weight excluding hydrogens is 232 g/mol. The van der Waals surface area contributed by atoms with Crippen LogP contribution in [0.1, 0.15) is 11.1 Å². The maximum absolute atomic E-state index is 13.3. The van der Waals surface area contributed by atoms with Gasteiger partial charge in [-0.2, -0.15) is 0 Å². The highest BCUT2D eigenvalue weighted by molar-refractivity contribution is 5.35. The summed E-state index contributed by atoms with van der Waals surface area (Å²) in [6.07, 6.45) is 1.14. The Bertz CT molecular complexity index is 568. The Balaban J connectivity index is 2.34. The highest BCUT2D eigenvalue weighted by atomic mass is 19.1. The van der Waals surface area contributed by atoms with Crippen LogP contribution < -0.4 is 0 Å². The Hall–Kier alpha value is -2.31. The summed E-state index contributed by atoms with van der Waals surface area (Å²) in [5, 5.41) is 16.3. The van der Waals surface area contributed by atoms with Crippen LogP contribution in [0, 0.1) is 21.7 Å². The molecule has 0 fully saturated rings. The minimum absolute atomic E-state index is 0.0505. The first-order valence-electron chi connectivity index (χ1n) is 4.68. The first kappa shape index (κ1) is 11.2. The highest BCUT2D eigenvalue weighted by Gasteiger charge is 2.16. The summed E-state index contributed by atoms with van der Waals surface area (Å²) >= 11 is 0. The lowest BCUT2D eigenvalue weighted by Gasteiger charge is -2.01. The number of hydrogen-bond acceptors (Lipinski definition) is 3. The number of hydrogen-bond donors (Lipinski definition) is 1. The molecule has 2 aromatic rings. The largest absolute Gasteiger partial charge is 0.358 e. The topological polar surface area (TPSA) is 71.8 Å². The van der Waals surface area contributed by atoms with Gasteiger partial charge in [0.1, 0.15) is 11.6 Å². The average molecular weight is 239 g/mol. The third kappa shape index (κ3) is 2.27. The van der Waals surface area contributed by atoms with Crippen molar-refractivity contribution in [2.75, 3.05) is 0 Å². The van der Waals surface area contributed by atoms with Gasteiger partial charge in [-0.05, 0) is 28.7 Å². The molecule has 0 radical (unpaired) electrons. The van der Waals surface area contributed by atoms with E-state index in [1.807, 2.05) is 0 Å². The lowest BCUT2D eigenvalue weighted by atomic mass is 10.1. The van der Waals surface area contributed by atoms with Gasteiger partial charge in [-0.15, -0.1) is 5.10 Å². The van der Waals surface area contributed by atoms with Crippen LogP contribution in [0.4, 0.5) is 14.6 Å². The van der Waals surface area contributed by atoms with E-state index in [2.05, 4.69) is 10.2 Å². The van der Waals surface area contributed by atoms with Crippen molar-refractivity contribution < 1.29 is 13.7 Å². The number of nitrogens with zero attached hydrogens (tertiary/aromatic N) is 2. The van der Waals surface area contributed by atoms with Crippen molar-refractivity contribution in [3.8, 4) is 0 Å². The van der Waals surface area contributed by atoms with E-state index in [9.17, 15) is 18.9 Å². The molecule has 0 saturated carbocycles. The summed E-state index contributed by atoms with van der Waals surface area (Å²) in [5.41, 5.74) is 0.258. The SMILES string of the molecule is O=[N+]([O-])c1[nH]ncc1Cc1cc(F)ccc1F. The number of nitro groups is 1. The third-order valence-corrected chi connectivity index (χ3v) is 2.27. The van der Waals surface area contributed by atoms with Crippen LogP contribution in [-0.4, -0.2) is 15.1 Å². The standard InChI is InChI=1S/C10H7F2N3O2/c11-8-1-2-9(12)6(4-8)3-7-5-13-14-10(7)15(16)17/h1-2,4-5H,3H2,(H,13,14). The second-order valence-corrected chi connectivity index (χ2v) is 3.41. The quantitative estimate of drug-likeness (QED) is 0.659. The number of aromatic nitrogens is 2. The molecule has 0 atom stereocenters. The molecule has 7 heteroatoms. The Kier molecular flexibility index (Phi) is 2.82. The summed E-state index contributed by atoms with van der Waals surface area (Å²) in [6.45, 7) is 0. The fraction of sp³-hybridized carbons (Fsp3) is 0.100. The molecule has 0 spiro atoms. The smallest absolute Gasteiger partial charge is 0.346 e. The van der Waals surface area contributed by atoms with Crippen molar-refractivity contribution in [2.45, 2.75) is 6.42 Å². The van der Waals surface area contributed by atoms with Crippen LogP contribution in [0.5, 0.6) is 0 Å². The average Bonchev–Trinajstić information content (AvgIpc) is 2.71. The number of rotatable bonds is 3. The lowest BCUT2D eigenvalue weighted by Crippen LogP contribution is -1.97. The van der Waals surface area contributed by atoms with Gasteiger partial charge in [0.15, 0.2) is 0 Å². The van der Waals surface area contributed by atoms with Gasteiger partial charge in [-0.25, -0.2) is 8.78 Å². The van der Waals surface area contributed by atoms with Gasteiger partial charge in [0.05, 0.1) is 11.8 Å². The molecule has 2 rings (SSSR count). The molecule has 17 heavy (non-hydrogen) atoms. The van der Waals surface area contributed by atoms with Gasteiger partial charge in [0.25, 0.3) is 0 Å². The molecule has 0 aliphatic carbocycles. The van der Waals surface area contributed by atoms with Gasteiger partial charge in [-0.1, -0.05) is 5.10 Å². The molecule has 1 N–H and O–H groups in total. The summed E-state index contributed by atoms with van der Waals surface area (Å²) in [6, 6.07) is 2.98. The fourth-order valence-electron chi connectivity index (χ4n) is 1.48. The van der Waals surface area contributed by atoms with Crippen molar-refractivity contribution >= 4 is 5.82 Å². The van der Waals surface area contributed by atoms with Gasteiger partial charge in [-0.3, -0.25) is 0 Å². The van der Waals surface area contributed by atoms with Crippen LogP contribution in [-0.2, 0) is 6.42 Å². The summed E-state index contributed by atoms with van der Waals surface area (Å²) in [5.74, 6) is -1.51. The van der Waals surface area contributed by atoms with Crippen LogP contribution >= 0.6 is 0 Å². The molecule has 0 aliphatic heterocycles. The van der Waals surface area contributed by atoms with Gasteiger partial charge < -0.3 is 10.1 Å². The number of aromatic amines is 1. The van der Waals surface area contributed by atoms with Gasteiger partial charge in [0, 0.05) is 6.42 Å². The predicted octanol–water partition coefficient (Wildman–Crippen LogP) is 2.19. The van der Waals surface area contributed by atoms with E-state index in [-0.39, 0.29) is 23.4 Å². The number of halogens is 2. The molecule has 88 valence electrons. The molecule has 0 bridgehead atoms. The first-order valence-corrected chi connectivity index (χ1v) is 4.68. The first-order chi connectivity index (χ1) is 8.08. The van der Waals surface area contributed by atoms with Crippen molar-refractivity contribution in [1.82, 2.24) is 10.2 Å². The zero-order valence-corrected chi connectivity index (χ0v) is 8.48. The maximum Gasteiger partial charge on any atom is 0.346 e. The number of nitrogens with one attached hydrogen (secondary N) is 1. The number of benzene rings is 1. The minimum atomic E-state index is -0.653. The van der Waals surface area contributed by atoms with E-state index in [1.54, 1.807) is 0 Å². The molecule has 0 aliphatic rings. The normalized spacial score (nSPS) is 10.5. The summed E-state index contributed by atoms with van der Waals surface area (Å²) in [4.78, 5) is 9.94. The molecule has 0 saturated heterocycles. The molecule has 0 amide bonds. The molecule has 1 aromatic carbocycles. The Morgan fingerprint density at radius 2 is 2.12 bits per heavy atom. The zero-order valence-electron chi connectivity index (χ0n) is 8.48. The Morgan fingerprint density at radius 3 is 2.82 bits per heavy atom. The van der Waals surface area contributed by atoms with Gasteiger partial charge in [0.2, 0.25) is 0 Å². The van der Waals surface area contributed by atoms with Crippen LogP contribution in [0.2, 0.25) is 0 Å². The molecule has 5 nitrogen and oxygen atoms in total. The summed E-state index contributed by atoms with van der Waals surface area (Å²) < 4.78 is 26.2. The van der Waals surface area contributed by atoms with Crippen LogP contribution in [0.3, 0.4) is 0 Å². The molecule has 1 aromatic heterocycles. The van der Waals surface area contributed by atoms with E-state index in [4.69, 9.17) is 0 Å². The zero-order chi connectivity index (χ0) is 12.4. The van der Waals surface area contributed by atoms with Crippen LogP contribution in [0.15, 0.2) is 24.4 Å². The number of H-pyrrole nitrogens is 1. The highest BCUT2D eigenvalue weighted by Crippen LogP contribution is 2.20. The second kappa shape index (κ2) is 4.28. The monoisotopic (exact) mass is 239 g/mol. The Labute approximate surface area is 94.2 Å². The van der Waals surface area contributed by atoms with Crippen molar-refractivity contribution in [3.63, 3.8) is 0 Å². The van der Waals surface area contributed by atoms with E-state index >= 15 is 0 Å². The minimum Gasteiger partial charge on any atom is -0.358 e. The van der Waals surface area contributed by atoms with E-state index in [0.29, 0.717) is 0 Å². The molecular formula is C10H7F2N3O2. The molecule has 1 heterocycles. The maximum atomic E-state index is 13.3. The fourth-order valence-corrected chi connectivity index (χ4v) is 1.48. The molecule has 0 unspecified atom stereocenters.